The Kier molecular flexibility index (Phi) is 3.70. The van der Waals surface area contributed by atoms with Gasteiger partial charge in [-0.25, -0.2) is 0 Å². The average Bonchev–Trinajstić information content (AvgIpc) is 3.19. The average molecular weight is 370 g/mol. The molecule has 5 unspecified atom stereocenters. The molecule has 1 saturated carbocycles. The van der Waals surface area contributed by atoms with Gasteiger partial charge in [-0.2, -0.15) is 0 Å². The maximum atomic E-state index is 12.8. The predicted octanol–water partition coefficient (Wildman–Crippen LogP) is 2.70. The number of rotatable bonds is 2. The number of ether oxygens (including phenoxy) is 1. The Morgan fingerprint density at radius 1 is 1.30 bits per heavy atom. The molecule has 5 atom stereocenters. The molecule has 27 heavy (non-hydrogen) atoms. The van der Waals surface area contributed by atoms with Crippen molar-refractivity contribution in [2.45, 2.75) is 69.6 Å². The number of hydrogen-bond acceptors (Lipinski definition) is 4. The summed E-state index contributed by atoms with van der Waals surface area (Å²) < 4.78 is 5.70. The third kappa shape index (κ3) is 1.94. The minimum Gasteiger partial charge on any atom is -0.495 e. The number of methoxy groups -OCH3 is 1. The second kappa shape index (κ2) is 5.71. The van der Waals surface area contributed by atoms with Crippen LogP contribution in [0.3, 0.4) is 0 Å². The minimum atomic E-state index is -0.332. The van der Waals surface area contributed by atoms with Crippen LogP contribution in [0.4, 0.5) is 5.69 Å². The van der Waals surface area contributed by atoms with Crippen molar-refractivity contribution in [3.8, 4) is 5.75 Å². The first kappa shape index (κ1) is 17.5. The number of aliphatic hydroxyl groups is 1. The number of fused-ring (bicyclic) bond motifs is 1. The Labute approximate surface area is 161 Å². The van der Waals surface area contributed by atoms with Gasteiger partial charge in [-0.1, -0.05) is 12.1 Å². The second-order valence-corrected chi connectivity index (χ2v) is 9.04. The first-order valence-corrected chi connectivity index (χ1v) is 10.4. The summed E-state index contributed by atoms with van der Waals surface area (Å²) in [5.74, 6) is 0.893. The normalized spacial score (nSPS) is 38.1. The molecule has 2 saturated heterocycles. The zero-order chi connectivity index (χ0) is 19.0. The standard InChI is InChI=1S/C22H30N2O3/c1-14(25)21-9-5-12-23-13-11-22(20(21)23)16-6-4-7-17(27-3)19(16)24(15(2)26)18(22)8-10-21/h4,6-7,14,18,20,25H,5,8-13H2,1-3H3. The molecule has 1 aromatic carbocycles. The smallest absolute Gasteiger partial charge is 0.224 e. The molecule has 1 N–H and O–H groups in total. The number of nitrogens with zero attached hydrogens (tertiary/aromatic N) is 2. The van der Waals surface area contributed by atoms with Crippen LogP contribution in [0.2, 0.25) is 0 Å². The molecular formula is C22H30N2O3. The number of para-hydroxylation sites is 1. The van der Waals surface area contributed by atoms with Gasteiger partial charge in [0, 0.05) is 29.8 Å². The van der Waals surface area contributed by atoms with E-state index in [0.717, 1.165) is 56.6 Å². The van der Waals surface area contributed by atoms with Gasteiger partial charge in [0.05, 0.1) is 18.9 Å². The van der Waals surface area contributed by atoms with Gasteiger partial charge < -0.3 is 14.7 Å². The fourth-order valence-electron chi connectivity index (χ4n) is 7.37. The summed E-state index contributed by atoms with van der Waals surface area (Å²) in [6.07, 6.45) is 4.90. The predicted molar refractivity (Wildman–Crippen MR) is 104 cm³/mol. The Bertz CT molecular complexity index is 794. The van der Waals surface area contributed by atoms with Crippen molar-refractivity contribution in [1.29, 1.82) is 0 Å². The van der Waals surface area contributed by atoms with Gasteiger partial charge in [0.1, 0.15) is 5.75 Å². The van der Waals surface area contributed by atoms with E-state index in [-0.39, 0.29) is 28.9 Å². The molecule has 0 radical (unpaired) electrons. The number of carbonyl (C=O) groups excluding carboxylic acids is 1. The molecule has 4 aliphatic rings. The van der Waals surface area contributed by atoms with Crippen LogP contribution in [0.25, 0.3) is 0 Å². The Morgan fingerprint density at radius 3 is 2.81 bits per heavy atom. The first-order chi connectivity index (χ1) is 13.0. The summed E-state index contributed by atoms with van der Waals surface area (Å²) in [4.78, 5) is 17.4. The molecule has 0 bridgehead atoms. The maximum Gasteiger partial charge on any atom is 0.224 e. The molecule has 5 nitrogen and oxygen atoms in total. The highest BCUT2D eigenvalue weighted by atomic mass is 16.5. The van der Waals surface area contributed by atoms with Gasteiger partial charge >= 0.3 is 0 Å². The number of hydrogen-bond donors (Lipinski definition) is 1. The van der Waals surface area contributed by atoms with Crippen molar-refractivity contribution < 1.29 is 14.6 Å². The SMILES string of the molecule is COc1cccc2c1N(C(C)=O)C1CCC3(C(C)O)CCCN4CCC21C43. The van der Waals surface area contributed by atoms with E-state index in [4.69, 9.17) is 4.74 Å². The maximum absolute atomic E-state index is 12.8. The van der Waals surface area contributed by atoms with Crippen LogP contribution in [0.15, 0.2) is 18.2 Å². The van der Waals surface area contributed by atoms with E-state index >= 15 is 0 Å². The molecule has 1 amide bonds. The van der Waals surface area contributed by atoms with E-state index in [1.54, 1.807) is 14.0 Å². The van der Waals surface area contributed by atoms with Gasteiger partial charge in [0.15, 0.2) is 0 Å². The lowest BCUT2D eigenvalue weighted by Crippen LogP contribution is -2.67. The summed E-state index contributed by atoms with van der Waals surface area (Å²) >= 11 is 0. The van der Waals surface area contributed by atoms with Gasteiger partial charge in [0.2, 0.25) is 5.91 Å². The second-order valence-electron chi connectivity index (χ2n) is 9.04. The Hall–Kier alpha value is -1.59. The third-order valence-electron chi connectivity index (χ3n) is 8.22. The number of aliphatic hydroxyl groups excluding tert-OH is 1. The van der Waals surface area contributed by atoms with Gasteiger partial charge in [-0.05, 0) is 63.7 Å². The summed E-state index contributed by atoms with van der Waals surface area (Å²) in [6.45, 7) is 5.82. The van der Waals surface area contributed by atoms with Crippen LogP contribution < -0.4 is 9.64 Å². The molecule has 3 fully saturated rings. The molecule has 3 aliphatic heterocycles. The summed E-state index contributed by atoms with van der Waals surface area (Å²) in [7, 11) is 1.69. The van der Waals surface area contributed by atoms with Crippen LogP contribution in [-0.2, 0) is 10.2 Å². The van der Waals surface area contributed by atoms with Crippen LogP contribution in [0.5, 0.6) is 5.75 Å². The zero-order valence-corrected chi connectivity index (χ0v) is 16.6. The molecular weight excluding hydrogens is 340 g/mol. The summed E-state index contributed by atoms with van der Waals surface area (Å²) in [5, 5.41) is 10.9. The minimum absolute atomic E-state index is 0.0710. The number of amides is 1. The number of benzene rings is 1. The molecule has 3 heterocycles. The lowest BCUT2D eigenvalue weighted by Gasteiger charge is -2.59. The van der Waals surface area contributed by atoms with Crippen molar-refractivity contribution in [3.63, 3.8) is 0 Å². The van der Waals surface area contributed by atoms with Crippen LogP contribution in [0, 0.1) is 5.41 Å². The van der Waals surface area contributed by atoms with E-state index in [2.05, 4.69) is 17.0 Å². The number of piperidine rings is 1. The summed E-state index contributed by atoms with van der Waals surface area (Å²) in [6, 6.07) is 6.72. The van der Waals surface area contributed by atoms with Crippen molar-refractivity contribution >= 4 is 11.6 Å². The van der Waals surface area contributed by atoms with Gasteiger partial charge in [-0.3, -0.25) is 9.69 Å². The van der Waals surface area contributed by atoms with E-state index in [9.17, 15) is 9.90 Å². The molecule has 0 aromatic heterocycles. The Morgan fingerprint density at radius 2 is 2.11 bits per heavy atom. The van der Waals surface area contributed by atoms with Crippen LogP contribution >= 0.6 is 0 Å². The highest BCUT2D eigenvalue weighted by Gasteiger charge is 2.70. The first-order valence-electron chi connectivity index (χ1n) is 10.4. The van der Waals surface area contributed by atoms with E-state index in [1.165, 1.54) is 5.56 Å². The highest BCUT2D eigenvalue weighted by molar-refractivity contribution is 5.98. The molecule has 1 aromatic rings. The van der Waals surface area contributed by atoms with E-state index in [0.29, 0.717) is 6.04 Å². The van der Waals surface area contributed by atoms with E-state index < -0.39 is 0 Å². The van der Waals surface area contributed by atoms with Crippen LogP contribution in [-0.4, -0.2) is 54.3 Å². The topological polar surface area (TPSA) is 53.0 Å². The fourth-order valence-corrected chi connectivity index (χ4v) is 7.37. The lowest BCUT2D eigenvalue weighted by molar-refractivity contribution is -0.120. The quantitative estimate of drug-likeness (QED) is 0.870. The van der Waals surface area contributed by atoms with Gasteiger partial charge in [-0.15, -0.1) is 0 Å². The van der Waals surface area contributed by atoms with Gasteiger partial charge in [0.25, 0.3) is 0 Å². The monoisotopic (exact) mass is 370 g/mol. The fraction of sp³-hybridized carbons (Fsp3) is 0.682. The zero-order valence-electron chi connectivity index (χ0n) is 16.6. The molecule has 146 valence electrons. The number of carbonyl (C=O) groups is 1. The van der Waals surface area contributed by atoms with Crippen molar-refractivity contribution in [3.05, 3.63) is 23.8 Å². The summed E-state index contributed by atoms with van der Waals surface area (Å²) in [5.41, 5.74) is 2.08. The van der Waals surface area contributed by atoms with Crippen LogP contribution in [0.1, 0.15) is 51.5 Å². The van der Waals surface area contributed by atoms with Crippen molar-refractivity contribution in [1.82, 2.24) is 4.90 Å². The highest BCUT2D eigenvalue weighted by Crippen LogP contribution is 2.66. The molecule has 1 spiro atoms. The van der Waals surface area contributed by atoms with Crippen molar-refractivity contribution in [2.24, 2.45) is 5.41 Å². The molecule has 5 rings (SSSR count). The Balaban J connectivity index is 1.77. The van der Waals surface area contributed by atoms with E-state index in [1.807, 2.05) is 17.9 Å². The van der Waals surface area contributed by atoms with Crippen molar-refractivity contribution in [2.75, 3.05) is 25.1 Å². The largest absolute Gasteiger partial charge is 0.495 e. The molecule has 1 aliphatic carbocycles. The third-order valence-corrected chi connectivity index (χ3v) is 8.22. The number of anilines is 1. The lowest BCUT2D eigenvalue weighted by atomic mass is 9.51. The molecule has 5 heteroatoms.